The Morgan fingerprint density at radius 1 is 1.19 bits per heavy atom. The molecule has 1 amide bonds. The largest absolute Gasteiger partial charge is 0.486 e. The third-order valence-corrected chi connectivity index (χ3v) is 4.69. The number of hydrogen-bond donors (Lipinski definition) is 1. The third kappa shape index (κ3) is 7.34. The minimum atomic E-state index is -0.244. The van der Waals surface area contributed by atoms with Gasteiger partial charge in [-0.15, -0.1) is 11.3 Å². The van der Waals surface area contributed by atoms with Gasteiger partial charge in [0.2, 0.25) is 5.91 Å². The van der Waals surface area contributed by atoms with Crippen molar-refractivity contribution < 1.29 is 9.53 Å². The molecule has 6 heteroatoms. The summed E-state index contributed by atoms with van der Waals surface area (Å²) in [6.07, 6.45) is 1.19. The molecule has 1 aromatic carbocycles. The molecule has 2 rings (SSSR count). The highest BCUT2D eigenvalue weighted by Crippen LogP contribution is 2.27. The lowest BCUT2D eigenvalue weighted by atomic mass is 9.82. The molecule has 2 aromatic rings. The minimum Gasteiger partial charge on any atom is -0.486 e. The predicted molar refractivity (Wildman–Crippen MR) is 108 cm³/mol. The van der Waals surface area contributed by atoms with Crippen molar-refractivity contribution in [1.29, 1.82) is 0 Å². The van der Waals surface area contributed by atoms with E-state index in [0.717, 1.165) is 22.9 Å². The number of rotatable bonds is 7. The first-order valence-corrected chi connectivity index (χ1v) is 9.91. The fourth-order valence-corrected chi connectivity index (χ4v) is 3.96. The summed E-state index contributed by atoms with van der Waals surface area (Å²) in [4.78, 5) is 16.8. The van der Waals surface area contributed by atoms with Crippen molar-refractivity contribution >= 4 is 28.8 Å². The number of benzene rings is 1. The van der Waals surface area contributed by atoms with E-state index in [1.165, 1.54) is 11.3 Å². The van der Waals surface area contributed by atoms with E-state index < -0.39 is 0 Å². The Balaban J connectivity index is 1.85. The molecule has 0 fully saturated rings. The van der Waals surface area contributed by atoms with Gasteiger partial charge >= 0.3 is 0 Å². The van der Waals surface area contributed by atoms with Gasteiger partial charge in [-0.05, 0) is 49.9 Å². The Bertz CT molecular complexity index is 733. The van der Waals surface area contributed by atoms with Gasteiger partial charge in [0.25, 0.3) is 0 Å². The number of thiazole rings is 1. The van der Waals surface area contributed by atoms with E-state index in [4.69, 9.17) is 16.3 Å². The molecule has 1 aromatic heterocycles. The summed E-state index contributed by atoms with van der Waals surface area (Å²) >= 11 is 7.36. The maximum Gasteiger partial charge on any atom is 0.226 e. The molecule has 0 unspecified atom stereocenters. The second kappa shape index (κ2) is 8.40. The van der Waals surface area contributed by atoms with Crippen LogP contribution in [0.3, 0.4) is 0 Å². The standard InChI is InChI=1S/C20H27ClN2O2S/c1-19(2,3)13-20(4,5)23-17(24)10-15-12-26-18(22-15)11-25-16-8-6-14(21)7-9-16/h6-9,12H,10-11,13H2,1-5H3,(H,23,24). The summed E-state index contributed by atoms with van der Waals surface area (Å²) in [5, 5.41) is 6.55. The zero-order chi connectivity index (χ0) is 19.4. The van der Waals surface area contributed by atoms with Crippen molar-refractivity contribution in [3.8, 4) is 5.75 Å². The average Bonchev–Trinajstić information content (AvgIpc) is 2.90. The van der Waals surface area contributed by atoms with Crippen molar-refractivity contribution in [2.45, 2.75) is 59.6 Å². The van der Waals surface area contributed by atoms with E-state index >= 15 is 0 Å². The first kappa shape index (κ1) is 20.7. The molecular weight excluding hydrogens is 368 g/mol. The average molecular weight is 395 g/mol. The second-order valence-corrected chi connectivity index (χ2v) is 9.70. The lowest BCUT2D eigenvalue weighted by Crippen LogP contribution is -2.46. The summed E-state index contributed by atoms with van der Waals surface area (Å²) in [6, 6.07) is 7.21. The predicted octanol–water partition coefficient (Wildman–Crippen LogP) is 5.25. The van der Waals surface area contributed by atoms with E-state index in [1.54, 1.807) is 12.1 Å². The van der Waals surface area contributed by atoms with E-state index in [2.05, 4.69) is 44.9 Å². The van der Waals surface area contributed by atoms with Gasteiger partial charge in [-0.2, -0.15) is 0 Å². The van der Waals surface area contributed by atoms with Crippen molar-refractivity contribution in [3.05, 3.63) is 45.4 Å². The number of carbonyl (C=O) groups is 1. The highest BCUT2D eigenvalue weighted by Gasteiger charge is 2.27. The fourth-order valence-electron chi connectivity index (χ4n) is 3.13. The minimum absolute atomic E-state index is 0.00489. The Morgan fingerprint density at radius 2 is 1.85 bits per heavy atom. The number of carbonyl (C=O) groups excluding carboxylic acids is 1. The number of aromatic nitrogens is 1. The number of hydrogen-bond acceptors (Lipinski definition) is 4. The SMILES string of the molecule is CC(C)(C)CC(C)(C)NC(=O)Cc1csc(COc2ccc(Cl)cc2)n1. The van der Waals surface area contributed by atoms with E-state index in [1.807, 2.05) is 17.5 Å². The highest BCUT2D eigenvalue weighted by molar-refractivity contribution is 7.09. The molecule has 0 bridgehead atoms. The molecule has 26 heavy (non-hydrogen) atoms. The first-order valence-electron chi connectivity index (χ1n) is 8.65. The summed E-state index contributed by atoms with van der Waals surface area (Å²) < 4.78 is 5.69. The van der Waals surface area contributed by atoms with Crippen LogP contribution in [-0.4, -0.2) is 16.4 Å². The molecule has 1 N–H and O–H groups in total. The molecular formula is C20H27ClN2O2S. The lowest BCUT2D eigenvalue weighted by Gasteiger charge is -2.33. The molecule has 0 spiro atoms. The van der Waals surface area contributed by atoms with Gasteiger partial charge in [-0.25, -0.2) is 4.98 Å². The Morgan fingerprint density at radius 3 is 2.46 bits per heavy atom. The highest BCUT2D eigenvalue weighted by atomic mass is 35.5. The van der Waals surface area contributed by atoms with Gasteiger partial charge in [0, 0.05) is 15.9 Å². The van der Waals surface area contributed by atoms with Crippen molar-refractivity contribution in [2.24, 2.45) is 5.41 Å². The number of amides is 1. The van der Waals surface area contributed by atoms with Gasteiger partial charge in [0.05, 0.1) is 12.1 Å². The zero-order valence-electron chi connectivity index (χ0n) is 16.1. The van der Waals surface area contributed by atoms with Crippen LogP contribution in [0, 0.1) is 5.41 Å². The van der Waals surface area contributed by atoms with E-state index in [-0.39, 0.29) is 23.3 Å². The molecule has 0 saturated carbocycles. The number of nitrogens with zero attached hydrogens (tertiary/aromatic N) is 1. The summed E-state index contributed by atoms with van der Waals surface area (Å²) in [5.41, 5.74) is 0.684. The van der Waals surface area contributed by atoms with Crippen molar-refractivity contribution in [3.63, 3.8) is 0 Å². The van der Waals surface area contributed by atoms with Crippen LogP contribution in [0.2, 0.25) is 5.02 Å². The Kier molecular flexibility index (Phi) is 6.69. The second-order valence-electron chi connectivity index (χ2n) is 8.32. The van der Waals surface area contributed by atoms with Crippen LogP contribution >= 0.6 is 22.9 Å². The van der Waals surface area contributed by atoms with Crippen molar-refractivity contribution in [1.82, 2.24) is 10.3 Å². The van der Waals surface area contributed by atoms with Crippen LogP contribution in [0.25, 0.3) is 0 Å². The Hall–Kier alpha value is -1.59. The molecule has 0 aliphatic heterocycles. The molecule has 1 heterocycles. The summed E-state index contributed by atoms with van der Waals surface area (Å²) in [6.45, 7) is 11.0. The summed E-state index contributed by atoms with van der Waals surface area (Å²) in [7, 11) is 0. The maximum absolute atomic E-state index is 12.3. The van der Waals surface area contributed by atoms with Gasteiger partial charge in [-0.3, -0.25) is 4.79 Å². The van der Waals surface area contributed by atoms with Crippen LogP contribution in [0.1, 0.15) is 51.7 Å². The van der Waals surface area contributed by atoms with E-state index in [9.17, 15) is 4.79 Å². The topological polar surface area (TPSA) is 51.2 Å². The molecule has 0 aliphatic carbocycles. The van der Waals surface area contributed by atoms with E-state index in [0.29, 0.717) is 11.6 Å². The molecule has 4 nitrogen and oxygen atoms in total. The number of nitrogens with one attached hydrogen (secondary N) is 1. The van der Waals surface area contributed by atoms with Crippen LogP contribution in [-0.2, 0) is 17.8 Å². The van der Waals surface area contributed by atoms with Gasteiger partial charge in [0.1, 0.15) is 17.4 Å². The quantitative estimate of drug-likeness (QED) is 0.697. The zero-order valence-corrected chi connectivity index (χ0v) is 17.6. The number of ether oxygens (including phenoxy) is 1. The Labute approximate surface area is 164 Å². The van der Waals surface area contributed by atoms with Crippen LogP contribution in [0.15, 0.2) is 29.6 Å². The third-order valence-electron chi connectivity index (χ3n) is 3.57. The smallest absolute Gasteiger partial charge is 0.226 e. The number of halogens is 1. The van der Waals surface area contributed by atoms with Crippen LogP contribution in [0.4, 0.5) is 0 Å². The first-order chi connectivity index (χ1) is 12.0. The molecule has 0 atom stereocenters. The summed E-state index contributed by atoms with van der Waals surface area (Å²) in [5.74, 6) is 0.738. The lowest BCUT2D eigenvalue weighted by molar-refractivity contribution is -0.122. The van der Waals surface area contributed by atoms with Crippen LogP contribution in [0.5, 0.6) is 5.75 Å². The molecule has 142 valence electrons. The van der Waals surface area contributed by atoms with Gasteiger partial charge in [0.15, 0.2) is 0 Å². The molecule has 0 aliphatic rings. The maximum atomic E-state index is 12.3. The fraction of sp³-hybridized carbons (Fsp3) is 0.500. The van der Waals surface area contributed by atoms with Gasteiger partial charge in [-0.1, -0.05) is 32.4 Å². The monoisotopic (exact) mass is 394 g/mol. The van der Waals surface area contributed by atoms with Crippen LogP contribution < -0.4 is 10.1 Å². The van der Waals surface area contributed by atoms with Crippen molar-refractivity contribution in [2.75, 3.05) is 0 Å². The molecule has 0 saturated heterocycles. The van der Waals surface area contributed by atoms with Gasteiger partial charge < -0.3 is 10.1 Å². The molecule has 0 radical (unpaired) electrons. The normalized spacial score (nSPS) is 12.1.